The first-order valence-electron chi connectivity index (χ1n) is 9.87. The number of amides is 2. The maximum Gasteiger partial charge on any atom is 0.408 e. The second kappa shape index (κ2) is 6.11. The van der Waals surface area contributed by atoms with Crippen molar-refractivity contribution in [3.8, 4) is 0 Å². The molecule has 7 nitrogen and oxygen atoms in total. The van der Waals surface area contributed by atoms with Crippen LogP contribution in [-0.4, -0.2) is 95.2 Å². The van der Waals surface area contributed by atoms with Gasteiger partial charge >= 0.3 is 12.2 Å². The molecule has 140 valence electrons. The number of alkyl carbamates (subject to hydrolysis) is 1. The third kappa shape index (κ3) is 3.44. The third-order valence-electron chi connectivity index (χ3n) is 6.52. The molecule has 0 radical (unpaired) electrons. The van der Waals surface area contributed by atoms with Gasteiger partial charge in [0.25, 0.3) is 0 Å². The van der Waals surface area contributed by atoms with Crippen LogP contribution >= 0.6 is 0 Å². The molecule has 2 spiro atoms. The normalized spacial score (nSPS) is 33.8. The molecule has 3 aliphatic heterocycles. The molecule has 26 heavy (non-hydrogen) atoms. The van der Waals surface area contributed by atoms with Gasteiger partial charge in [-0.25, -0.2) is 9.59 Å². The molecule has 2 amide bonds. The summed E-state index contributed by atoms with van der Waals surface area (Å²) in [7, 11) is 5.74. The maximum atomic E-state index is 12.3. The summed E-state index contributed by atoms with van der Waals surface area (Å²) in [6, 6.07) is 0.607. The number of rotatable bonds is 2. The van der Waals surface area contributed by atoms with Gasteiger partial charge in [0.2, 0.25) is 0 Å². The molecule has 3 heterocycles. The number of carbonyl (C=O) groups excluding carboxylic acids is 2. The Bertz CT molecular complexity index is 598. The summed E-state index contributed by atoms with van der Waals surface area (Å²) in [5, 5.41) is 2.36. The number of carbonyl (C=O) groups is 2. The van der Waals surface area contributed by atoms with E-state index in [9.17, 15) is 9.59 Å². The fraction of sp³-hybridized carbons (Fsp3) is 0.875. The predicted octanol–water partition coefficient (Wildman–Crippen LogP) is -1.94. The van der Waals surface area contributed by atoms with Crippen LogP contribution in [0.4, 0.5) is 9.59 Å². The molecule has 0 aromatic rings. The first-order valence-corrected chi connectivity index (χ1v) is 9.87. The Morgan fingerprint density at radius 1 is 1.19 bits per heavy atom. The van der Waals surface area contributed by atoms with Crippen LogP contribution in [0.2, 0.25) is 0 Å². The highest BCUT2D eigenvalue weighted by molar-refractivity contribution is 6.58. The number of ether oxygens (including phenoxy) is 2. The van der Waals surface area contributed by atoms with Crippen LogP contribution in [0.5, 0.6) is 0 Å². The van der Waals surface area contributed by atoms with Crippen LogP contribution in [0.3, 0.4) is 0 Å². The Morgan fingerprint density at radius 3 is 2.46 bits per heavy atom. The molecule has 1 aliphatic carbocycles. The molecule has 4 rings (SSSR count). The second-order valence-corrected chi connectivity index (χ2v) is 9.68. The van der Waals surface area contributed by atoms with Gasteiger partial charge in [0.05, 0.1) is 6.54 Å². The molecule has 0 aromatic carbocycles. The van der Waals surface area contributed by atoms with Crippen molar-refractivity contribution in [2.24, 2.45) is 5.41 Å². The van der Waals surface area contributed by atoms with Gasteiger partial charge in [-0.15, -0.1) is 0 Å². The van der Waals surface area contributed by atoms with Crippen molar-refractivity contribution in [2.45, 2.75) is 49.0 Å². The first-order chi connectivity index (χ1) is 12.2. The molecule has 1 N–H and O–H groups in total. The monoisotopic (exact) mass is 359 g/mol. The smallest absolute Gasteiger partial charge is 0.408 e. The van der Waals surface area contributed by atoms with E-state index in [4.69, 9.17) is 9.47 Å². The van der Waals surface area contributed by atoms with Gasteiger partial charge < -0.3 is 24.6 Å². The Hall–Kier alpha value is -1.31. The molecule has 1 saturated carbocycles. The molecule has 4 fully saturated rings. The van der Waals surface area contributed by atoms with Gasteiger partial charge in [0, 0.05) is 50.4 Å². The number of piperidine rings is 1. The molecule has 0 unspecified atom stereocenters. The van der Waals surface area contributed by atoms with Crippen LogP contribution in [0.25, 0.3) is 0 Å². The van der Waals surface area contributed by atoms with E-state index in [1.165, 1.54) is 0 Å². The van der Waals surface area contributed by atoms with E-state index in [-0.39, 0.29) is 23.2 Å². The SMILES string of the molecule is BC(B)(B)OC(=O)N1CCC2(CC(N3CCC4(CC3)CNC(=O)O4)C2)C1. The summed E-state index contributed by atoms with van der Waals surface area (Å²) in [4.78, 5) is 28.1. The molecular weight excluding hydrogens is 331 g/mol. The highest BCUT2D eigenvalue weighted by Gasteiger charge is 2.53. The zero-order valence-electron chi connectivity index (χ0n) is 16.2. The number of nitrogens with zero attached hydrogens (tertiary/aromatic N) is 2. The van der Waals surface area contributed by atoms with Gasteiger partial charge in [-0.3, -0.25) is 0 Å². The highest BCUT2D eigenvalue weighted by atomic mass is 16.6. The topological polar surface area (TPSA) is 71.1 Å². The molecule has 10 heteroatoms. The van der Waals surface area contributed by atoms with E-state index in [0.29, 0.717) is 12.6 Å². The summed E-state index contributed by atoms with van der Waals surface area (Å²) in [6.07, 6.45) is 4.80. The number of hydrogen-bond donors (Lipinski definition) is 1. The summed E-state index contributed by atoms with van der Waals surface area (Å²) >= 11 is 0. The van der Waals surface area contributed by atoms with Crippen LogP contribution in [0.1, 0.15) is 32.1 Å². The standard InChI is InChI=1S/C16H28B3N3O4/c17-16(18,19)26-13(24)22-4-1-14(10-22)7-11(8-14)21-5-2-15(3-6-21)9-20-12(23)25-15/h11H,1-10,17-19H2,(H,20,23). The van der Waals surface area contributed by atoms with Crippen molar-refractivity contribution < 1.29 is 19.1 Å². The summed E-state index contributed by atoms with van der Waals surface area (Å²) in [5.74, 6) is 0. The number of nitrogens with one attached hydrogen (secondary N) is 1. The lowest BCUT2D eigenvalue weighted by molar-refractivity contribution is -0.0507. The molecule has 0 atom stereocenters. The van der Waals surface area contributed by atoms with Crippen molar-refractivity contribution in [1.29, 1.82) is 0 Å². The molecule has 0 bridgehead atoms. The lowest BCUT2D eigenvalue weighted by Gasteiger charge is -2.52. The van der Waals surface area contributed by atoms with Crippen molar-refractivity contribution in [3.63, 3.8) is 0 Å². The third-order valence-corrected chi connectivity index (χ3v) is 6.52. The van der Waals surface area contributed by atoms with Crippen LogP contribution in [0, 0.1) is 5.41 Å². The number of likely N-dealkylation sites (tertiary alicyclic amines) is 2. The van der Waals surface area contributed by atoms with Crippen LogP contribution in [-0.2, 0) is 9.47 Å². The van der Waals surface area contributed by atoms with Gasteiger partial charge in [-0.1, -0.05) is 0 Å². The Balaban J connectivity index is 1.25. The van der Waals surface area contributed by atoms with Gasteiger partial charge in [-0.05, 0) is 24.7 Å². The minimum Gasteiger partial charge on any atom is -0.470 e. The van der Waals surface area contributed by atoms with Crippen molar-refractivity contribution in [1.82, 2.24) is 15.1 Å². The van der Waals surface area contributed by atoms with Crippen molar-refractivity contribution >= 4 is 35.7 Å². The van der Waals surface area contributed by atoms with Crippen molar-refractivity contribution in [3.05, 3.63) is 0 Å². The van der Waals surface area contributed by atoms with Gasteiger partial charge in [0.15, 0.2) is 0 Å². The van der Waals surface area contributed by atoms with Crippen molar-refractivity contribution in [2.75, 3.05) is 32.7 Å². The lowest BCUT2D eigenvalue weighted by Crippen LogP contribution is -2.57. The average molecular weight is 359 g/mol. The minimum absolute atomic E-state index is 0.173. The summed E-state index contributed by atoms with van der Waals surface area (Å²) < 4.78 is 11.0. The molecule has 3 saturated heterocycles. The highest BCUT2D eigenvalue weighted by Crippen LogP contribution is 2.51. The van der Waals surface area contributed by atoms with E-state index in [0.717, 1.165) is 58.3 Å². The van der Waals surface area contributed by atoms with E-state index < -0.39 is 5.30 Å². The summed E-state index contributed by atoms with van der Waals surface area (Å²) in [5.41, 5.74) is 0.0218. The van der Waals surface area contributed by atoms with Gasteiger partial charge in [-0.2, -0.15) is 0 Å². The Morgan fingerprint density at radius 2 is 1.88 bits per heavy atom. The maximum absolute atomic E-state index is 12.3. The van der Waals surface area contributed by atoms with E-state index >= 15 is 0 Å². The predicted molar refractivity (Wildman–Crippen MR) is 105 cm³/mol. The van der Waals surface area contributed by atoms with E-state index in [2.05, 4.69) is 10.2 Å². The zero-order valence-corrected chi connectivity index (χ0v) is 16.2. The van der Waals surface area contributed by atoms with Crippen LogP contribution in [0.15, 0.2) is 0 Å². The molecular formula is C16H28B3N3O4. The Kier molecular flexibility index (Phi) is 4.25. The Labute approximate surface area is 157 Å². The quantitative estimate of drug-likeness (QED) is 0.582. The van der Waals surface area contributed by atoms with E-state index in [1.807, 2.05) is 28.4 Å². The van der Waals surface area contributed by atoms with Gasteiger partial charge in [0.1, 0.15) is 29.1 Å². The molecule has 4 aliphatic rings. The first kappa shape index (κ1) is 18.1. The van der Waals surface area contributed by atoms with Crippen LogP contribution < -0.4 is 5.32 Å². The largest absolute Gasteiger partial charge is 0.470 e. The fourth-order valence-corrected chi connectivity index (χ4v) is 5.03. The zero-order chi connectivity index (χ0) is 18.6. The van der Waals surface area contributed by atoms with E-state index in [1.54, 1.807) is 0 Å². The molecule has 0 aromatic heterocycles. The fourth-order valence-electron chi connectivity index (χ4n) is 5.03. The summed E-state index contributed by atoms with van der Waals surface area (Å²) in [6.45, 7) is 4.28. The average Bonchev–Trinajstić information content (AvgIpc) is 3.10. The number of hydrogen-bond acceptors (Lipinski definition) is 5. The second-order valence-electron chi connectivity index (χ2n) is 9.68. The minimum atomic E-state index is -0.433. The lowest BCUT2D eigenvalue weighted by atomic mass is 9.52.